The van der Waals surface area contributed by atoms with Gasteiger partial charge in [0.05, 0.1) is 50.6 Å². The average Bonchev–Trinajstić information content (AvgIpc) is 0.733. The van der Waals surface area contributed by atoms with Crippen molar-refractivity contribution >= 4 is 29.9 Å². The Labute approximate surface area is 653 Å². The molecule has 0 radical (unpaired) electrons. The lowest BCUT2D eigenvalue weighted by molar-refractivity contribution is 0.744. The van der Waals surface area contributed by atoms with Gasteiger partial charge in [-0.25, -0.2) is 24.9 Å². The Morgan fingerprint density at radius 2 is 0.685 bits per heavy atom. The molecule has 15 rings (SSSR count). The van der Waals surface area contributed by atoms with Crippen LogP contribution < -0.4 is 0 Å². The zero-order valence-corrected chi connectivity index (χ0v) is 65.2. The molecule has 0 aliphatic heterocycles. The summed E-state index contributed by atoms with van der Waals surface area (Å²) in [7, 11) is -1.67. The molecule has 0 spiro atoms. The Hall–Kier alpha value is -14.0. The molecular formula is C104H78N6Si. The molecule has 0 N–H and O–H groups in total. The summed E-state index contributed by atoms with van der Waals surface area (Å²) in [6.45, 7) is 24.2. The van der Waals surface area contributed by atoms with E-state index in [4.69, 9.17) is 15.0 Å². The van der Waals surface area contributed by atoms with E-state index in [9.17, 15) is 0 Å². The molecule has 0 fully saturated rings. The van der Waals surface area contributed by atoms with Crippen LogP contribution in [0.1, 0.15) is 128 Å². The van der Waals surface area contributed by atoms with Gasteiger partial charge >= 0.3 is 0 Å². The Morgan fingerprint density at radius 3 is 1.13 bits per heavy atom. The number of hydrogen-bond acceptors (Lipinski definition) is 6. The highest BCUT2D eigenvalue weighted by Crippen LogP contribution is 2.46. The smallest absolute Gasteiger partial charge is 0.129 e. The van der Waals surface area contributed by atoms with Gasteiger partial charge in [-0.2, -0.15) is 0 Å². The van der Waals surface area contributed by atoms with E-state index in [1.807, 2.05) is 84.9 Å². The Kier molecular flexibility index (Phi) is 20.5. The third kappa shape index (κ3) is 15.9. The van der Waals surface area contributed by atoms with Gasteiger partial charge in [-0.15, -0.1) is 5.54 Å². The van der Waals surface area contributed by atoms with Gasteiger partial charge in [0.25, 0.3) is 0 Å². The molecule has 0 saturated carbocycles. The first kappa shape index (κ1) is 72.5. The van der Waals surface area contributed by atoms with Crippen molar-refractivity contribution in [3.05, 3.63) is 401 Å². The fourth-order valence-corrected chi connectivity index (χ4v) is 15.0. The first-order chi connectivity index (χ1) is 53.9. The van der Waals surface area contributed by atoms with Gasteiger partial charge < -0.3 is 0 Å². The van der Waals surface area contributed by atoms with E-state index in [2.05, 4.69) is 331 Å². The van der Waals surface area contributed by atoms with E-state index < -0.39 is 13.5 Å². The monoisotopic (exact) mass is 1440 g/mol. The number of aromatic nitrogens is 6. The third-order valence-electron chi connectivity index (χ3n) is 20.4. The van der Waals surface area contributed by atoms with Crippen molar-refractivity contribution in [3.63, 3.8) is 0 Å². The summed E-state index contributed by atoms with van der Waals surface area (Å²) >= 11 is 0. The number of fused-ring (bicyclic) bond motifs is 3. The molecule has 5 aromatic heterocycles. The van der Waals surface area contributed by atoms with Gasteiger partial charge in [-0.1, -0.05) is 211 Å². The minimum absolute atomic E-state index is 0.750. The maximum Gasteiger partial charge on any atom is 0.129 e. The van der Waals surface area contributed by atoms with E-state index in [0.717, 1.165) is 167 Å². The van der Waals surface area contributed by atoms with Crippen LogP contribution in [0.3, 0.4) is 0 Å². The van der Waals surface area contributed by atoms with Crippen LogP contribution in [0.15, 0.2) is 274 Å². The standard InChI is InChI=1S/C104H78N6Si/c1-69-19-21-77(22-20-69)23-28-80-33-49-89(50-34-80)104(92-55-39-83(40-56-92)62-64-111(9,10)11,91-53-37-82(38-54-91)41-57-93-73(5)75(7)101(76(8)74(93)6)99-60-48-88-46-45-87-47-59-98(109-102(87)103(88)110-99)100-71(3)65-70(2)66-72(100)4)90-51-35-81(36-52-90)32-44-86-16-13-12-15-85(86)43-31-79-26-24-78(25-27-79)29-30-84-42-58-94(106-67-84)96-17-14-18-97(108-96)95-61-63-105-68-107-95/h12-22,24-27,33-40,42,45-56,58-61,63,65-68H,1-11H3. The van der Waals surface area contributed by atoms with Crippen LogP contribution in [0.4, 0.5) is 0 Å². The third-order valence-corrected chi connectivity index (χ3v) is 21.3. The Bertz CT molecular complexity index is 6490. The second-order valence-electron chi connectivity index (χ2n) is 29.4. The van der Waals surface area contributed by atoms with Gasteiger partial charge in [0.2, 0.25) is 0 Å². The summed E-state index contributed by atoms with van der Waals surface area (Å²) in [4.78, 5) is 28.6. The molecule has 0 bridgehead atoms. The van der Waals surface area contributed by atoms with E-state index >= 15 is 0 Å². The van der Waals surface area contributed by atoms with E-state index in [0.29, 0.717) is 0 Å². The molecule has 10 aromatic carbocycles. The Morgan fingerprint density at radius 1 is 0.297 bits per heavy atom. The van der Waals surface area contributed by atoms with E-state index in [-0.39, 0.29) is 0 Å². The van der Waals surface area contributed by atoms with E-state index in [1.54, 1.807) is 12.4 Å². The van der Waals surface area contributed by atoms with Gasteiger partial charge in [-0.3, -0.25) is 4.98 Å². The lowest BCUT2D eigenvalue weighted by atomic mass is 9.65. The zero-order valence-electron chi connectivity index (χ0n) is 64.2. The van der Waals surface area contributed by atoms with Crippen molar-refractivity contribution in [1.29, 1.82) is 0 Å². The molecule has 111 heavy (non-hydrogen) atoms. The van der Waals surface area contributed by atoms with E-state index in [1.165, 1.54) is 34.1 Å². The van der Waals surface area contributed by atoms with Crippen molar-refractivity contribution < 1.29 is 0 Å². The van der Waals surface area contributed by atoms with Crippen LogP contribution in [0, 0.1) is 126 Å². The maximum absolute atomic E-state index is 5.47. The summed E-state index contributed by atoms with van der Waals surface area (Å²) in [6.07, 6.45) is 5.00. The first-order valence-corrected chi connectivity index (χ1v) is 40.8. The molecule has 0 amide bonds. The summed E-state index contributed by atoms with van der Waals surface area (Å²) in [5.74, 6) is 38.1. The highest BCUT2D eigenvalue weighted by atomic mass is 28.3. The number of aryl methyl sites for hydroxylation is 4. The maximum atomic E-state index is 5.47. The predicted octanol–water partition coefficient (Wildman–Crippen LogP) is 22.1. The highest BCUT2D eigenvalue weighted by Gasteiger charge is 2.39. The predicted molar refractivity (Wildman–Crippen MR) is 459 cm³/mol. The topological polar surface area (TPSA) is 77.3 Å². The quantitative estimate of drug-likeness (QED) is 0.0653. The van der Waals surface area contributed by atoms with Crippen LogP contribution in [0.5, 0.6) is 0 Å². The molecule has 1 atom stereocenters. The molecular weight excluding hydrogens is 1360 g/mol. The zero-order chi connectivity index (χ0) is 76.8. The molecule has 5 heterocycles. The SMILES string of the molecule is Cc1ccc(C#Cc2ccc(C(c3ccc(C#Cc4ccccc4C#Cc4ccc(C#Cc5ccc(-c6cccc(-c7ccncn7)n6)nc5)cc4)cc3)(c3ccc(C#Cc4c(C)c(C)c(-c5ccc6ccc7ccc(-c8c(C)cc(C)cc8C)nc7c6n5)c(C)c4C)cc3)c3ccc(C#C[Si](C)(C)C)cc3)cc2)cc1. The van der Waals surface area contributed by atoms with Crippen molar-refractivity contribution in [2.45, 2.75) is 80.4 Å². The molecule has 6 nitrogen and oxygen atoms in total. The number of pyridine rings is 4. The van der Waals surface area contributed by atoms with Crippen LogP contribution >= 0.6 is 0 Å². The van der Waals surface area contributed by atoms with Crippen molar-refractivity contribution in [1.82, 2.24) is 29.9 Å². The minimum atomic E-state index is -1.67. The molecule has 528 valence electrons. The van der Waals surface area contributed by atoms with Gasteiger partial charge in [0, 0.05) is 95.5 Å². The summed E-state index contributed by atoms with van der Waals surface area (Å²) in [6, 6.07) is 88.5. The van der Waals surface area contributed by atoms with Crippen LogP contribution in [-0.2, 0) is 5.41 Å². The average molecular weight is 1440 g/mol. The molecule has 7 heteroatoms. The van der Waals surface area contributed by atoms with Crippen LogP contribution in [-0.4, -0.2) is 38.0 Å². The summed E-state index contributed by atoms with van der Waals surface area (Å²) in [5.41, 5.74) is 35.4. The fraction of sp³-hybridized carbons (Fsp3) is 0.115. The molecule has 15 aromatic rings. The fourth-order valence-electron chi connectivity index (χ4n) is 14.4. The summed E-state index contributed by atoms with van der Waals surface area (Å²) < 4.78 is 0. The van der Waals surface area contributed by atoms with Crippen molar-refractivity contribution in [3.8, 4) is 116 Å². The first-order valence-electron chi connectivity index (χ1n) is 37.3. The number of hydrogen-bond donors (Lipinski definition) is 0. The van der Waals surface area contributed by atoms with Crippen LogP contribution in [0.2, 0.25) is 19.6 Å². The summed E-state index contributed by atoms with van der Waals surface area (Å²) in [5, 5.41) is 2.12. The largest absolute Gasteiger partial charge is 0.253 e. The molecule has 0 aliphatic rings. The molecule has 0 aliphatic carbocycles. The Balaban J connectivity index is 0.741. The van der Waals surface area contributed by atoms with Crippen molar-refractivity contribution in [2.75, 3.05) is 0 Å². The molecule has 0 saturated heterocycles. The van der Waals surface area contributed by atoms with Gasteiger partial charge in [-0.05, 0) is 251 Å². The normalized spacial score (nSPS) is 11.4. The van der Waals surface area contributed by atoms with Crippen LogP contribution in [0.25, 0.3) is 67.1 Å². The second kappa shape index (κ2) is 31.4. The van der Waals surface area contributed by atoms with Crippen molar-refractivity contribution in [2.24, 2.45) is 0 Å². The number of benzene rings is 10. The molecule has 1 unspecified atom stereocenters. The lowest BCUT2D eigenvalue weighted by Gasteiger charge is -2.37. The van der Waals surface area contributed by atoms with Gasteiger partial charge in [0.15, 0.2) is 0 Å². The van der Waals surface area contributed by atoms with Gasteiger partial charge in [0.1, 0.15) is 14.4 Å². The lowest BCUT2D eigenvalue weighted by Crippen LogP contribution is -2.31. The second-order valence-corrected chi connectivity index (χ2v) is 34.1. The highest BCUT2D eigenvalue weighted by molar-refractivity contribution is 6.83. The minimum Gasteiger partial charge on any atom is -0.253 e. The number of rotatable bonds is 8. The number of nitrogens with zero attached hydrogens (tertiary/aromatic N) is 6.